The maximum absolute atomic E-state index is 12.9. The van der Waals surface area contributed by atoms with Gasteiger partial charge in [0.05, 0.1) is 6.61 Å². The van der Waals surface area contributed by atoms with Crippen LogP contribution in [-0.2, 0) is 19.9 Å². The van der Waals surface area contributed by atoms with Gasteiger partial charge in [-0.25, -0.2) is 4.79 Å². The number of benzene rings is 1. The molecule has 0 aromatic heterocycles. The Bertz CT molecular complexity index is 767. The lowest BCUT2D eigenvalue weighted by Crippen LogP contribution is -2.60. The third-order valence-corrected chi connectivity index (χ3v) is 5.46. The van der Waals surface area contributed by atoms with Crippen LogP contribution in [0.3, 0.4) is 0 Å². The molecular formula is C26H36O5. The van der Waals surface area contributed by atoms with Gasteiger partial charge in [0, 0.05) is 0 Å². The van der Waals surface area contributed by atoms with Crippen molar-refractivity contribution in [2.45, 2.75) is 64.1 Å². The molecule has 0 bridgehead atoms. The third kappa shape index (κ3) is 6.49. The maximum Gasteiger partial charge on any atom is 0.349 e. The fourth-order valence-corrected chi connectivity index (χ4v) is 3.32. The second-order valence-electron chi connectivity index (χ2n) is 7.70. The molecule has 1 rings (SSSR count). The highest BCUT2D eigenvalue weighted by molar-refractivity contribution is 5.99. The van der Waals surface area contributed by atoms with Crippen LogP contribution in [0.15, 0.2) is 66.8 Å². The van der Waals surface area contributed by atoms with Gasteiger partial charge in [0.1, 0.15) is 0 Å². The number of allylic oxidation sites excluding steroid dienone is 3. The third-order valence-electron chi connectivity index (χ3n) is 5.46. The van der Waals surface area contributed by atoms with Gasteiger partial charge in [-0.1, -0.05) is 101 Å². The first-order valence-corrected chi connectivity index (χ1v) is 11.0. The second kappa shape index (κ2) is 13.0. The number of ether oxygens (including phenoxy) is 1. The van der Waals surface area contributed by atoms with E-state index in [1.165, 1.54) is 18.2 Å². The Hall–Kier alpha value is -2.50. The highest BCUT2D eigenvalue weighted by atomic mass is 16.6. The standard InChI is InChI=1S/C26H36O5/c1-5-8-10-12-15-21(4)26(30,23-17-13-11-14-18-23)25(29,20-27)24(28)31-19-22(7-3)16-9-6-2/h8,10-15,17-18,20,22,29-30H,4-7,9,16,19H2,1-3H3. The number of rotatable bonds is 14. The van der Waals surface area contributed by atoms with Crippen molar-refractivity contribution >= 4 is 12.3 Å². The molecule has 5 heteroatoms. The second-order valence-corrected chi connectivity index (χ2v) is 7.70. The van der Waals surface area contributed by atoms with Crippen LogP contribution in [0.25, 0.3) is 0 Å². The minimum absolute atomic E-state index is 0.0102. The van der Waals surface area contributed by atoms with Gasteiger partial charge in [-0.05, 0) is 29.9 Å². The molecule has 31 heavy (non-hydrogen) atoms. The topological polar surface area (TPSA) is 83.8 Å². The molecule has 3 unspecified atom stereocenters. The van der Waals surface area contributed by atoms with Gasteiger partial charge in [-0.2, -0.15) is 0 Å². The van der Waals surface area contributed by atoms with Crippen LogP contribution in [-0.4, -0.2) is 34.7 Å². The van der Waals surface area contributed by atoms with Crippen LogP contribution in [0, 0.1) is 5.92 Å². The molecule has 5 nitrogen and oxygen atoms in total. The predicted octanol–water partition coefficient (Wildman–Crippen LogP) is 4.64. The number of carbonyl (C=O) groups excluding carboxylic acids is 2. The van der Waals surface area contributed by atoms with E-state index in [1.54, 1.807) is 30.4 Å². The Kier molecular flexibility index (Phi) is 11.2. The van der Waals surface area contributed by atoms with Crippen molar-refractivity contribution in [1.82, 2.24) is 0 Å². The van der Waals surface area contributed by atoms with Crippen molar-refractivity contribution in [2.24, 2.45) is 5.92 Å². The zero-order valence-electron chi connectivity index (χ0n) is 18.9. The predicted molar refractivity (Wildman–Crippen MR) is 123 cm³/mol. The monoisotopic (exact) mass is 428 g/mol. The normalized spacial score (nSPS) is 16.5. The van der Waals surface area contributed by atoms with E-state index in [1.807, 2.05) is 19.9 Å². The lowest BCUT2D eigenvalue weighted by Gasteiger charge is -2.39. The van der Waals surface area contributed by atoms with E-state index in [-0.39, 0.29) is 29.9 Å². The molecule has 1 aromatic rings. The van der Waals surface area contributed by atoms with E-state index in [2.05, 4.69) is 13.5 Å². The van der Waals surface area contributed by atoms with Gasteiger partial charge < -0.3 is 14.9 Å². The molecule has 3 atom stereocenters. The molecule has 0 heterocycles. The molecule has 0 saturated heterocycles. The van der Waals surface area contributed by atoms with Crippen LogP contribution in [0.2, 0.25) is 0 Å². The first-order chi connectivity index (χ1) is 14.8. The Balaban J connectivity index is 3.30. The fraction of sp³-hybridized carbons (Fsp3) is 0.462. The van der Waals surface area contributed by atoms with E-state index >= 15 is 0 Å². The summed E-state index contributed by atoms with van der Waals surface area (Å²) in [5, 5.41) is 22.8. The smallest absolute Gasteiger partial charge is 0.349 e. The van der Waals surface area contributed by atoms with E-state index in [0.29, 0.717) is 0 Å². The molecule has 170 valence electrons. The molecule has 0 radical (unpaired) electrons. The van der Waals surface area contributed by atoms with Crippen molar-refractivity contribution in [3.63, 3.8) is 0 Å². The van der Waals surface area contributed by atoms with Crippen molar-refractivity contribution in [3.8, 4) is 0 Å². The molecule has 1 aromatic carbocycles. The molecule has 0 saturated carbocycles. The molecule has 0 aliphatic heterocycles. The fourth-order valence-electron chi connectivity index (χ4n) is 3.32. The zero-order valence-corrected chi connectivity index (χ0v) is 18.9. The number of esters is 1. The zero-order chi connectivity index (χ0) is 23.3. The number of aliphatic hydroxyl groups is 2. The summed E-state index contributed by atoms with van der Waals surface area (Å²) >= 11 is 0. The summed E-state index contributed by atoms with van der Waals surface area (Å²) in [7, 11) is 0. The molecular weight excluding hydrogens is 392 g/mol. The summed E-state index contributed by atoms with van der Waals surface area (Å²) < 4.78 is 5.35. The quantitative estimate of drug-likeness (QED) is 0.195. The van der Waals surface area contributed by atoms with Crippen molar-refractivity contribution in [2.75, 3.05) is 6.61 Å². The highest BCUT2D eigenvalue weighted by Crippen LogP contribution is 2.40. The minimum Gasteiger partial charge on any atom is -0.463 e. The summed E-state index contributed by atoms with van der Waals surface area (Å²) in [6, 6.07) is 8.06. The number of unbranched alkanes of at least 4 members (excludes halogenated alkanes) is 1. The SMILES string of the molecule is C=C(C=CC=CCC)C(O)(c1ccccc1)C(O)(C=O)C(=O)OCC(CC)CCCC. The van der Waals surface area contributed by atoms with Gasteiger partial charge in [0.15, 0.2) is 11.9 Å². The first-order valence-electron chi connectivity index (χ1n) is 11.0. The summed E-state index contributed by atoms with van der Waals surface area (Å²) in [6.07, 6.45) is 11.3. The summed E-state index contributed by atoms with van der Waals surface area (Å²) in [6.45, 7) is 9.97. The largest absolute Gasteiger partial charge is 0.463 e. The minimum atomic E-state index is -2.85. The van der Waals surface area contributed by atoms with E-state index < -0.39 is 17.2 Å². The first kappa shape index (κ1) is 26.5. The number of hydrogen-bond donors (Lipinski definition) is 2. The highest BCUT2D eigenvalue weighted by Gasteiger charge is 2.58. The van der Waals surface area contributed by atoms with Gasteiger partial charge in [-0.3, -0.25) is 4.79 Å². The number of aldehydes is 1. The van der Waals surface area contributed by atoms with Crippen molar-refractivity contribution in [1.29, 1.82) is 0 Å². The van der Waals surface area contributed by atoms with Gasteiger partial charge >= 0.3 is 5.97 Å². The van der Waals surface area contributed by atoms with Gasteiger partial charge in [-0.15, -0.1) is 0 Å². The van der Waals surface area contributed by atoms with Crippen LogP contribution in [0.1, 0.15) is 58.4 Å². The van der Waals surface area contributed by atoms with Crippen LogP contribution < -0.4 is 0 Å². The molecule has 0 spiro atoms. The Labute approximate surface area is 186 Å². The van der Waals surface area contributed by atoms with Crippen LogP contribution >= 0.6 is 0 Å². The number of carbonyl (C=O) groups is 2. The lowest BCUT2D eigenvalue weighted by molar-refractivity contribution is -0.191. The molecule has 0 aliphatic rings. The molecule has 2 N–H and O–H groups in total. The van der Waals surface area contributed by atoms with Gasteiger partial charge in [0.2, 0.25) is 0 Å². The molecule has 0 amide bonds. The summed E-state index contributed by atoms with van der Waals surface area (Å²) in [5.74, 6) is -1.07. The summed E-state index contributed by atoms with van der Waals surface area (Å²) in [4.78, 5) is 25.0. The summed E-state index contributed by atoms with van der Waals surface area (Å²) in [5.41, 5.74) is -5.10. The molecule has 0 aliphatic carbocycles. The van der Waals surface area contributed by atoms with Crippen LogP contribution in [0.5, 0.6) is 0 Å². The van der Waals surface area contributed by atoms with E-state index in [0.717, 1.165) is 32.1 Å². The Morgan fingerprint density at radius 2 is 1.84 bits per heavy atom. The average Bonchev–Trinajstić information content (AvgIpc) is 2.80. The van der Waals surface area contributed by atoms with E-state index in [4.69, 9.17) is 4.74 Å². The Morgan fingerprint density at radius 1 is 1.16 bits per heavy atom. The Morgan fingerprint density at radius 3 is 2.39 bits per heavy atom. The average molecular weight is 429 g/mol. The lowest BCUT2D eigenvalue weighted by atomic mass is 9.73. The van der Waals surface area contributed by atoms with Crippen molar-refractivity contribution < 1.29 is 24.5 Å². The van der Waals surface area contributed by atoms with E-state index in [9.17, 15) is 19.8 Å². The van der Waals surface area contributed by atoms with Crippen molar-refractivity contribution in [3.05, 3.63) is 72.4 Å². The molecule has 0 fully saturated rings. The maximum atomic E-state index is 12.9. The van der Waals surface area contributed by atoms with Crippen LogP contribution in [0.4, 0.5) is 0 Å². The number of hydrogen-bond acceptors (Lipinski definition) is 5. The van der Waals surface area contributed by atoms with Gasteiger partial charge in [0.25, 0.3) is 5.60 Å².